The Kier molecular flexibility index (Phi) is 4.41. The van der Waals surface area contributed by atoms with Crippen molar-refractivity contribution in [1.82, 2.24) is 4.90 Å². The van der Waals surface area contributed by atoms with Crippen LogP contribution in [-0.2, 0) is 13.1 Å². The number of hydrogen-bond donors (Lipinski definition) is 2. The number of nitrogens with one attached hydrogen (secondary N) is 1. The van der Waals surface area contributed by atoms with Gasteiger partial charge in [0.05, 0.1) is 0 Å². The van der Waals surface area contributed by atoms with E-state index in [0.717, 1.165) is 30.0 Å². The standard InChI is InChI=1S/C18H23N3/c19-18-9-2-1-7-16(18)13-20-17-8-5-6-15(12-17)14-21-10-3-4-11-21/h1-2,5-9,12,20H,3-4,10-11,13-14,19H2. The molecule has 0 radical (unpaired) electrons. The van der Waals surface area contributed by atoms with Gasteiger partial charge in [-0.05, 0) is 55.3 Å². The summed E-state index contributed by atoms with van der Waals surface area (Å²) in [5.41, 5.74) is 10.5. The van der Waals surface area contributed by atoms with E-state index in [4.69, 9.17) is 5.73 Å². The second kappa shape index (κ2) is 6.64. The second-order valence-electron chi connectivity index (χ2n) is 5.74. The average molecular weight is 281 g/mol. The molecule has 3 N–H and O–H groups in total. The third-order valence-electron chi connectivity index (χ3n) is 4.07. The van der Waals surface area contributed by atoms with Crippen molar-refractivity contribution in [2.45, 2.75) is 25.9 Å². The Balaban J connectivity index is 1.61. The van der Waals surface area contributed by atoms with Gasteiger partial charge in [0.25, 0.3) is 0 Å². The number of hydrogen-bond acceptors (Lipinski definition) is 3. The van der Waals surface area contributed by atoms with E-state index in [-0.39, 0.29) is 0 Å². The Morgan fingerprint density at radius 1 is 1.00 bits per heavy atom. The summed E-state index contributed by atoms with van der Waals surface area (Å²) in [6.45, 7) is 4.29. The predicted molar refractivity (Wildman–Crippen MR) is 89.1 cm³/mol. The van der Waals surface area contributed by atoms with E-state index in [1.54, 1.807) is 0 Å². The Labute approximate surface area is 126 Å². The van der Waals surface area contributed by atoms with Gasteiger partial charge < -0.3 is 11.1 Å². The maximum Gasteiger partial charge on any atom is 0.0421 e. The molecular formula is C18H23N3. The monoisotopic (exact) mass is 281 g/mol. The number of benzene rings is 2. The van der Waals surface area contributed by atoms with E-state index >= 15 is 0 Å². The molecule has 1 aliphatic rings. The van der Waals surface area contributed by atoms with Gasteiger partial charge in [0.2, 0.25) is 0 Å². The largest absolute Gasteiger partial charge is 0.398 e. The lowest BCUT2D eigenvalue weighted by atomic mass is 10.1. The SMILES string of the molecule is Nc1ccccc1CNc1cccc(CN2CCCC2)c1. The normalized spacial score (nSPS) is 15.2. The third-order valence-corrected chi connectivity index (χ3v) is 4.07. The number of nitrogens with two attached hydrogens (primary N) is 1. The van der Waals surface area contributed by atoms with Crippen LogP contribution in [0.15, 0.2) is 48.5 Å². The fraction of sp³-hybridized carbons (Fsp3) is 0.333. The maximum absolute atomic E-state index is 5.98. The summed E-state index contributed by atoms with van der Waals surface area (Å²) in [5.74, 6) is 0. The highest BCUT2D eigenvalue weighted by Gasteiger charge is 2.11. The zero-order valence-corrected chi connectivity index (χ0v) is 12.4. The van der Waals surface area contributed by atoms with Gasteiger partial charge in [0.1, 0.15) is 0 Å². The molecule has 0 unspecified atom stereocenters. The highest BCUT2D eigenvalue weighted by Crippen LogP contribution is 2.18. The van der Waals surface area contributed by atoms with Crippen molar-refractivity contribution < 1.29 is 0 Å². The molecule has 0 amide bonds. The number of nitrogen functional groups attached to an aromatic ring is 1. The topological polar surface area (TPSA) is 41.3 Å². The van der Waals surface area contributed by atoms with Gasteiger partial charge in [-0.3, -0.25) is 4.90 Å². The summed E-state index contributed by atoms with van der Waals surface area (Å²) >= 11 is 0. The number of rotatable bonds is 5. The van der Waals surface area contributed by atoms with Gasteiger partial charge in [0.15, 0.2) is 0 Å². The van der Waals surface area contributed by atoms with E-state index in [2.05, 4.69) is 40.5 Å². The summed E-state index contributed by atoms with van der Waals surface area (Å²) < 4.78 is 0. The summed E-state index contributed by atoms with van der Waals surface area (Å²) in [6.07, 6.45) is 2.68. The minimum atomic E-state index is 0.764. The predicted octanol–water partition coefficient (Wildman–Crippen LogP) is 3.48. The molecule has 1 heterocycles. The molecule has 110 valence electrons. The molecule has 1 saturated heterocycles. The van der Waals surface area contributed by atoms with Crippen molar-refractivity contribution in [3.05, 3.63) is 59.7 Å². The molecule has 0 spiro atoms. The zero-order chi connectivity index (χ0) is 14.5. The maximum atomic E-state index is 5.98. The van der Waals surface area contributed by atoms with Crippen LogP contribution in [0, 0.1) is 0 Å². The first-order valence-corrected chi connectivity index (χ1v) is 7.70. The first kappa shape index (κ1) is 14.0. The Morgan fingerprint density at radius 2 is 1.81 bits per heavy atom. The van der Waals surface area contributed by atoms with Crippen LogP contribution < -0.4 is 11.1 Å². The molecule has 2 aromatic rings. The van der Waals surface area contributed by atoms with Crippen LogP contribution in [0.5, 0.6) is 0 Å². The average Bonchev–Trinajstić information content (AvgIpc) is 3.00. The van der Waals surface area contributed by atoms with Crippen molar-refractivity contribution in [2.24, 2.45) is 0 Å². The fourth-order valence-electron chi connectivity index (χ4n) is 2.87. The number of nitrogens with zero attached hydrogens (tertiary/aromatic N) is 1. The first-order valence-electron chi connectivity index (χ1n) is 7.70. The van der Waals surface area contributed by atoms with Crippen LogP contribution in [0.25, 0.3) is 0 Å². The van der Waals surface area contributed by atoms with Crippen molar-refractivity contribution in [1.29, 1.82) is 0 Å². The molecule has 0 aromatic heterocycles. The van der Waals surface area contributed by atoms with Gasteiger partial charge >= 0.3 is 0 Å². The molecule has 1 aliphatic heterocycles. The quantitative estimate of drug-likeness (QED) is 0.824. The lowest BCUT2D eigenvalue weighted by Gasteiger charge is -2.15. The van der Waals surface area contributed by atoms with Crippen LogP contribution in [0.2, 0.25) is 0 Å². The summed E-state index contributed by atoms with van der Waals surface area (Å²) in [7, 11) is 0. The van der Waals surface area contributed by atoms with E-state index in [1.807, 2.05) is 18.2 Å². The summed E-state index contributed by atoms with van der Waals surface area (Å²) in [6, 6.07) is 16.7. The Hall–Kier alpha value is -2.00. The zero-order valence-electron chi connectivity index (χ0n) is 12.4. The van der Waals surface area contributed by atoms with Crippen LogP contribution in [0.3, 0.4) is 0 Å². The van der Waals surface area contributed by atoms with Crippen LogP contribution in [0.4, 0.5) is 11.4 Å². The van der Waals surface area contributed by atoms with E-state index in [1.165, 1.54) is 31.5 Å². The van der Waals surface area contributed by atoms with Gasteiger partial charge in [-0.15, -0.1) is 0 Å². The molecule has 3 heteroatoms. The van der Waals surface area contributed by atoms with E-state index in [9.17, 15) is 0 Å². The molecule has 0 saturated carbocycles. The van der Waals surface area contributed by atoms with E-state index in [0.29, 0.717) is 0 Å². The minimum absolute atomic E-state index is 0.764. The molecule has 21 heavy (non-hydrogen) atoms. The van der Waals surface area contributed by atoms with Gasteiger partial charge in [-0.25, -0.2) is 0 Å². The van der Waals surface area contributed by atoms with Gasteiger partial charge in [-0.1, -0.05) is 30.3 Å². The Morgan fingerprint density at radius 3 is 2.62 bits per heavy atom. The first-order chi connectivity index (χ1) is 10.3. The van der Waals surface area contributed by atoms with Crippen LogP contribution in [-0.4, -0.2) is 18.0 Å². The van der Waals surface area contributed by atoms with Crippen molar-refractivity contribution >= 4 is 11.4 Å². The second-order valence-corrected chi connectivity index (χ2v) is 5.74. The van der Waals surface area contributed by atoms with Gasteiger partial charge in [-0.2, -0.15) is 0 Å². The summed E-state index contributed by atoms with van der Waals surface area (Å²) in [4.78, 5) is 2.52. The highest BCUT2D eigenvalue weighted by molar-refractivity contribution is 5.51. The molecule has 0 aliphatic carbocycles. The fourth-order valence-corrected chi connectivity index (χ4v) is 2.87. The lowest BCUT2D eigenvalue weighted by molar-refractivity contribution is 0.331. The minimum Gasteiger partial charge on any atom is -0.398 e. The van der Waals surface area contributed by atoms with Crippen molar-refractivity contribution in [3.63, 3.8) is 0 Å². The van der Waals surface area contributed by atoms with Crippen LogP contribution >= 0.6 is 0 Å². The molecule has 1 fully saturated rings. The summed E-state index contributed by atoms with van der Waals surface area (Å²) in [5, 5.41) is 3.47. The molecular weight excluding hydrogens is 258 g/mol. The van der Waals surface area contributed by atoms with E-state index < -0.39 is 0 Å². The third kappa shape index (κ3) is 3.76. The molecule has 3 rings (SSSR count). The number of likely N-dealkylation sites (tertiary alicyclic amines) is 1. The molecule has 0 bridgehead atoms. The van der Waals surface area contributed by atoms with Crippen LogP contribution in [0.1, 0.15) is 24.0 Å². The molecule has 0 atom stereocenters. The van der Waals surface area contributed by atoms with Crippen molar-refractivity contribution in [2.75, 3.05) is 24.1 Å². The smallest absolute Gasteiger partial charge is 0.0421 e. The Bertz CT molecular complexity index is 589. The molecule has 2 aromatic carbocycles. The highest BCUT2D eigenvalue weighted by atomic mass is 15.1. The lowest BCUT2D eigenvalue weighted by Crippen LogP contribution is -2.18. The number of anilines is 2. The molecule has 3 nitrogen and oxygen atoms in total. The van der Waals surface area contributed by atoms with Gasteiger partial charge in [0, 0.05) is 24.5 Å². The number of para-hydroxylation sites is 1. The van der Waals surface area contributed by atoms with Crippen molar-refractivity contribution in [3.8, 4) is 0 Å².